The Balaban J connectivity index is 2.51. The Labute approximate surface area is 128 Å². The Morgan fingerprint density at radius 3 is 2.67 bits per heavy atom. The summed E-state index contributed by atoms with van der Waals surface area (Å²) in [6, 6.07) is 6.02. The van der Waals surface area contributed by atoms with E-state index >= 15 is 0 Å². The van der Waals surface area contributed by atoms with Crippen molar-refractivity contribution in [2.45, 2.75) is 11.8 Å². The molecule has 0 bridgehead atoms. The third-order valence-electron chi connectivity index (χ3n) is 2.83. The monoisotopic (exact) mass is 327 g/mol. The molecule has 1 aromatic carbocycles. The number of nitrogens with two attached hydrogens (primary N) is 1. The number of pyridine rings is 1. The van der Waals surface area contributed by atoms with Crippen LogP contribution in [-0.2, 0) is 10.0 Å². The van der Waals surface area contributed by atoms with E-state index in [4.69, 9.17) is 22.1 Å². The minimum Gasteiger partial charge on any atom is -0.495 e. The van der Waals surface area contributed by atoms with Crippen LogP contribution in [0.2, 0.25) is 5.15 Å². The van der Waals surface area contributed by atoms with E-state index < -0.39 is 10.0 Å². The number of nitrogen functional groups attached to an aromatic ring is 1. The van der Waals surface area contributed by atoms with Gasteiger partial charge in [-0.2, -0.15) is 0 Å². The Kier molecular flexibility index (Phi) is 4.24. The molecular formula is C13H14ClN3O3S. The van der Waals surface area contributed by atoms with Crippen molar-refractivity contribution in [1.29, 1.82) is 0 Å². The Morgan fingerprint density at radius 2 is 2.05 bits per heavy atom. The lowest BCUT2D eigenvalue weighted by Gasteiger charge is -2.14. The second-order valence-corrected chi connectivity index (χ2v) is 6.32. The molecule has 2 aromatic rings. The number of halogens is 1. The number of anilines is 2. The molecule has 8 heteroatoms. The van der Waals surface area contributed by atoms with Crippen LogP contribution in [0.15, 0.2) is 35.4 Å². The number of benzene rings is 1. The maximum atomic E-state index is 12.5. The summed E-state index contributed by atoms with van der Waals surface area (Å²) in [6.45, 7) is 1.72. The smallest absolute Gasteiger partial charge is 0.265 e. The molecule has 0 aliphatic heterocycles. The van der Waals surface area contributed by atoms with Crippen LogP contribution in [0.4, 0.5) is 11.4 Å². The molecule has 0 saturated heterocycles. The molecule has 0 atom stereocenters. The molecular weight excluding hydrogens is 314 g/mol. The van der Waals surface area contributed by atoms with Gasteiger partial charge < -0.3 is 10.5 Å². The van der Waals surface area contributed by atoms with E-state index in [-0.39, 0.29) is 21.5 Å². The fourth-order valence-electron chi connectivity index (χ4n) is 1.74. The van der Waals surface area contributed by atoms with Crippen molar-refractivity contribution < 1.29 is 13.2 Å². The first-order valence-corrected chi connectivity index (χ1v) is 7.78. The molecule has 1 heterocycles. The van der Waals surface area contributed by atoms with E-state index in [9.17, 15) is 8.42 Å². The normalized spacial score (nSPS) is 11.2. The van der Waals surface area contributed by atoms with Crippen LogP contribution in [0, 0.1) is 6.92 Å². The van der Waals surface area contributed by atoms with Crippen LogP contribution in [0.1, 0.15) is 5.56 Å². The maximum absolute atomic E-state index is 12.5. The number of rotatable bonds is 4. The van der Waals surface area contributed by atoms with E-state index in [1.807, 2.05) is 0 Å². The van der Waals surface area contributed by atoms with E-state index in [1.54, 1.807) is 19.1 Å². The Morgan fingerprint density at radius 1 is 1.33 bits per heavy atom. The van der Waals surface area contributed by atoms with E-state index in [0.29, 0.717) is 11.3 Å². The van der Waals surface area contributed by atoms with Gasteiger partial charge in [0.2, 0.25) is 0 Å². The van der Waals surface area contributed by atoms with Crippen molar-refractivity contribution in [3.63, 3.8) is 0 Å². The highest BCUT2D eigenvalue weighted by molar-refractivity contribution is 7.92. The predicted molar refractivity (Wildman–Crippen MR) is 82.2 cm³/mol. The summed E-state index contributed by atoms with van der Waals surface area (Å²) in [5, 5.41) is 0.0708. The lowest BCUT2D eigenvalue weighted by Crippen LogP contribution is -2.15. The first-order valence-electron chi connectivity index (χ1n) is 5.92. The molecule has 0 radical (unpaired) electrons. The SMILES string of the molecule is COc1ccc(N)cc1S(=O)(=O)Nc1c(C)ccnc1Cl. The highest BCUT2D eigenvalue weighted by Gasteiger charge is 2.22. The van der Waals surface area contributed by atoms with Gasteiger partial charge in [-0.15, -0.1) is 0 Å². The largest absolute Gasteiger partial charge is 0.495 e. The van der Waals surface area contributed by atoms with Gasteiger partial charge in [-0.25, -0.2) is 13.4 Å². The summed E-state index contributed by atoms with van der Waals surface area (Å²) in [4.78, 5) is 3.80. The van der Waals surface area contributed by atoms with E-state index in [1.165, 1.54) is 25.4 Å². The zero-order valence-electron chi connectivity index (χ0n) is 11.4. The molecule has 2 rings (SSSR count). The van der Waals surface area contributed by atoms with Crippen molar-refractivity contribution in [2.75, 3.05) is 17.6 Å². The average molecular weight is 328 g/mol. The minimum atomic E-state index is -3.90. The molecule has 0 amide bonds. The van der Waals surface area contributed by atoms with Gasteiger partial charge in [0.1, 0.15) is 10.6 Å². The first kappa shape index (κ1) is 15.4. The third-order valence-corrected chi connectivity index (χ3v) is 4.48. The highest BCUT2D eigenvalue weighted by atomic mass is 35.5. The van der Waals surface area contributed by atoms with Crippen molar-refractivity contribution in [3.05, 3.63) is 41.2 Å². The van der Waals surface area contributed by atoms with Crippen molar-refractivity contribution >= 4 is 33.0 Å². The lowest BCUT2D eigenvalue weighted by molar-refractivity contribution is 0.403. The quantitative estimate of drug-likeness (QED) is 0.664. The number of nitrogens with one attached hydrogen (secondary N) is 1. The molecule has 0 aliphatic carbocycles. The maximum Gasteiger partial charge on any atom is 0.265 e. The zero-order valence-corrected chi connectivity index (χ0v) is 13.0. The standard InChI is InChI=1S/C13H14ClN3O3S/c1-8-5-6-16-13(14)12(8)17-21(18,19)11-7-9(15)3-4-10(11)20-2/h3-7,17H,15H2,1-2H3. The van der Waals surface area contributed by atoms with Crippen LogP contribution in [0.3, 0.4) is 0 Å². The number of hydrogen-bond donors (Lipinski definition) is 2. The van der Waals surface area contributed by atoms with Crippen molar-refractivity contribution in [1.82, 2.24) is 4.98 Å². The summed E-state index contributed by atoms with van der Waals surface area (Å²) >= 11 is 5.93. The Hall–Kier alpha value is -1.99. The molecule has 112 valence electrons. The molecule has 21 heavy (non-hydrogen) atoms. The third kappa shape index (κ3) is 3.20. The zero-order chi connectivity index (χ0) is 15.6. The number of hydrogen-bond acceptors (Lipinski definition) is 5. The summed E-state index contributed by atoms with van der Waals surface area (Å²) in [6.07, 6.45) is 1.50. The van der Waals surface area contributed by atoms with E-state index in [0.717, 1.165) is 0 Å². The average Bonchev–Trinajstić information content (AvgIpc) is 2.43. The number of methoxy groups -OCH3 is 1. The van der Waals surface area contributed by atoms with Crippen molar-refractivity contribution in [2.24, 2.45) is 0 Å². The van der Waals surface area contributed by atoms with Crippen LogP contribution < -0.4 is 15.2 Å². The fraction of sp³-hybridized carbons (Fsp3) is 0.154. The van der Waals surface area contributed by atoms with Crippen LogP contribution in [-0.4, -0.2) is 20.5 Å². The summed E-state index contributed by atoms with van der Waals surface area (Å²) in [5.74, 6) is 0.189. The molecule has 0 unspecified atom stereocenters. The first-order chi connectivity index (χ1) is 9.85. The second kappa shape index (κ2) is 5.79. The summed E-state index contributed by atoms with van der Waals surface area (Å²) in [7, 11) is -2.52. The predicted octanol–water partition coefficient (Wildman–Crippen LogP) is 2.44. The lowest BCUT2D eigenvalue weighted by atomic mass is 10.3. The van der Waals surface area contributed by atoms with Crippen LogP contribution in [0.25, 0.3) is 0 Å². The van der Waals surface area contributed by atoms with Crippen molar-refractivity contribution in [3.8, 4) is 5.75 Å². The summed E-state index contributed by atoms with van der Waals surface area (Å²) < 4.78 is 32.5. The van der Waals surface area contributed by atoms with Gasteiger partial charge in [0.25, 0.3) is 10.0 Å². The summed E-state index contributed by atoms with van der Waals surface area (Å²) in [5.41, 5.74) is 6.84. The molecule has 3 N–H and O–H groups in total. The molecule has 0 saturated carbocycles. The molecule has 1 aromatic heterocycles. The molecule has 0 spiro atoms. The topological polar surface area (TPSA) is 94.3 Å². The molecule has 0 fully saturated rings. The van der Waals surface area contributed by atoms with Gasteiger partial charge in [-0.3, -0.25) is 4.72 Å². The number of aromatic nitrogens is 1. The fourth-order valence-corrected chi connectivity index (χ4v) is 3.39. The number of aryl methyl sites for hydroxylation is 1. The molecule has 0 aliphatic rings. The van der Waals surface area contributed by atoms with Gasteiger partial charge in [-0.05, 0) is 36.8 Å². The minimum absolute atomic E-state index is 0.0654. The van der Waals surface area contributed by atoms with Gasteiger partial charge in [0, 0.05) is 11.9 Å². The number of ether oxygens (including phenoxy) is 1. The van der Waals surface area contributed by atoms with Crippen LogP contribution in [0.5, 0.6) is 5.75 Å². The van der Waals surface area contributed by atoms with Gasteiger partial charge in [0.05, 0.1) is 12.8 Å². The second-order valence-electron chi connectivity index (χ2n) is 4.31. The number of nitrogens with zero attached hydrogens (tertiary/aromatic N) is 1. The van der Waals surface area contributed by atoms with Gasteiger partial charge in [-0.1, -0.05) is 11.6 Å². The number of sulfonamides is 1. The Bertz CT molecular complexity index is 758. The van der Waals surface area contributed by atoms with Gasteiger partial charge >= 0.3 is 0 Å². The molecule has 6 nitrogen and oxygen atoms in total. The highest BCUT2D eigenvalue weighted by Crippen LogP contribution is 2.30. The van der Waals surface area contributed by atoms with Crippen LogP contribution >= 0.6 is 11.6 Å². The van der Waals surface area contributed by atoms with Gasteiger partial charge in [0.15, 0.2) is 5.15 Å². The van der Waals surface area contributed by atoms with E-state index in [2.05, 4.69) is 9.71 Å².